The Kier molecular flexibility index (Phi) is 8.16. The number of phenols is 1. The van der Waals surface area contributed by atoms with Crippen molar-refractivity contribution in [3.05, 3.63) is 65.2 Å². The van der Waals surface area contributed by atoms with Gasteiger partial charge in [0.05, 0.1) is 0 Å². The second-order valence-electron chi connectivity index (χ2n) is 6.41. The Morgan fingerprint density at radius 1 is 0.852 bits per heavy atom. The fourth-order valence-corrected chi connectivity index (χ4v) is 2.61. The number of phenolic OH excluding ortho intramolecular Hbond substituents is 1. The zero-order valence-electron chi connectivity index (χ0n) is 15.6. The van der Waals surface area contributed by atoms with Gasteiger partial charge in [0.1, 0.15) is 5.75 Å². The summed E-state index contributed by atoms with van der Waals surface area (Å²) in [5, 5.41) is 17.7. The van der Waals surface area contributed by atoms with Crippen molar-refractivity contribution in [1.82, 2.24) is 16.0 Å². The zero-order valence-corrected chi connectivity index (χ0v) is 15.6. The van der Waals surface area contributed by atoms with E-state index >= 15 is 0 Å². The van der Waals surface area contributed by atoms with Gasteiger partial charge in [0.15, 0.2) is 0 Å². The first-order chi connectivity index (χ1) is 13.1. The van der Waals surface area contributed by atoms with Gasteiger partial charge in [0.25, 0.3) is 5.91 Å². The molecule has 0 bridgehead atoms. The molecule has 27 heavy (non-hydrogen) atoms. The Balaban J connectivity index is 1.50. The van der Waals surface area contributed by atoms with Gasteiger partial charge in [-0.05, 0) is 55.5 Å². The molecule has 0 unspecified atom stereocenters. The minimum Gasteiger partial charge on any atom is -0.508 e. The van der Waals surface area contributed by atoms with Crippen molar-refractivity contribution in [2.45, 2.75) is 32.7 Å². The van der Waals surface area contributed by atoms with E-state index in [-0.39, 0.29) is 17.7 Å². The fourth-order valence-electron chi connectivity index (χ4n) is 2.61. The van der Waals surface area contributed by atoms with E-state index in [1.807, 2.05) is 31.2 Å². The zero-order chi connectivity index (χ0) is 19.5. The first-order valence-electron chi connectivity index (χ1n) is 9.19. The van der Waals surface area contributed by atoms with Crippen LogP contribution in [-0.2, 0) is 6.54 Å². The first-order valence-corrected chi connectivity index (χ1v) is 9.19. The predicted octanol–water partition coefficient (Wildman–Crippen LogP) is 3.10. The van der Waals surface area contributed by atoms with Crippen LogP contribution in [-0.4, -0.2) is 30.1 Å². The lowest BCUT2D eigenvalue weighted by molar-refractivity contribution is 0.0952. The van der Waals surface area contributed by atoms with Crippen LogP contribution in [0.5, 0.6) is 5.75 Å². The molecule has 0 heterocycles. The summed E-state index contributed by atoms with van der Waals surface area (Å²) in [6.45, 7) is 3.55. The molecule has 0 radical (unpaired) electrons. The summed E-state index contributed by atoms with van der Waals surface area (Å²) in [6, 6.07) is 14.0. The maximum Gasteiger partial charge on any atom is 0.315 e. The second kappa shape index (κ2) is 10.9. The molecule has 0 fully saturated rings. The molecule has 0 atom stereocenters. The topological polar surface area (TPSA) is 90.5 Å². The van der Waals surface area contributed by atoms with Crippen LogP contribution >= 0.6 is 0 Å². The molecule has 2 rings (SSSR count). The molecular weight excluding hydrogens is 342 g/mol. The second-order valence-corrected chi connectivity index (χ2v) is 6.41. The average molecular weight is 369 g/mol. The number of aryl methyl sites for hydroxylation is 1. The maximum absolute atomic E-state index is 12.1. The standard InChI is InChI=1S/C21H27N3O3/c1-16-7-3-4-8-19(16)20(26)22-13-5-2-6-14-23-21(27)24-15-17-9-11-18(25)12-10-17/h3-4,7-12,25H,2,5-6,13-15H2,1H3,(H,22,26)(H2,23,24,27). The van der Waals surface area contributed by atoms with Crippen LogP contribution in [0.25, 0.3) is 0 Å². The number of carbonyl (C=O) groups excluding carboxylic acids is 2. The third-order valence-electron chi connectivity index (χ3n) is 4.20. The molecule has 2 aromatic carbocycles. The largest absolute Gasteiger partial charge is 0.508 e. The highest BCUT2D eigenvalue weighted by atomic mass is 16.3. The molecule has 0 aromatic heterocycles. The van der Waals surface area contributed by atoms with E-state index in [4.69, 9.17) is 0 Å². The Morgan fingerprint density at radius 3 is 2.22 bits per heavy atom. The van der Waals surface area contributed by atoms with Gasteiger partial charge in [-0.25, -0.2) is 4.79 Å². The summed E-state index contributed by atoms with van der Waals surface area (Å²) >= 11 is 0. The number of hydrogen-bond acceptors (Lipinski definition) is 3. The number of benzene rings is 2. The van der Waals surface area contributed by atoms with Crippen molar-refractivity contribution in [1.29, 1.82) is 0 Å². The molecule has 0 aliphatic heterocycles. The molecule has 4 N–H and O–H groups in total. The minimum absolute atomic E-state index is 0.0418. The molecule has 3 amide bonds. The van der Waals surface area contributed by atoms with Crippen molar-refractivity contribution in [2.24, 2.45) is 0 Å². The summed E-state index contributed by atoms with van der Waals surface area (Å²) in [7, 11) is 0. The number of nitrogens with one attached hydrogen (secondary N) is 3. The van der Waals surface area contributed by atoms with E-state index in [1.165, 1.54) is 0 Å². The van der Waals surface area contributed by atoms with Crippen LogP contribution < -0.4 is 16.0 Å². The van der Waals surface area contributed by atoms with Gasteiger partial charge in [-0.3, -0.25) is 4.79 Å². The van der Waals surface area contributed by atoms with Crippen LogP contribution in [0.15, 0.2) is 48.5 Å². The number of urea groups is 1. The number of aromatic hydroxyl groups is 1. The molecular formula is C21H27N3O3. The molecule has 0 aliphatic rings. The van der Waals surface area contributed by atoms with Gasteiger partial charge in [0.2, 0.25) is 0 Å². The Hall–Kier alpha value is -3.02. The SMILES string of the molecule is Cc1ccccc1C(=O)NCCCCCNC(=O)NCc1ccc(O)cc1. The predicted molar refractivity (Wildman–Crippen MR) is 106 cm³/mol. The van der Waals surface area contributed by atoms with E-state index < -0.39 is 0 Å². The van der Waals surface area contributed by atoms with Crippen molar-refractivity contribution in [3.8, 4) is 5.75 Å². The van der Waals surface area contributed by atoms with Gasteiger partial charge in [-0.2, -0.15) is 0 Å². The quantitative estimate of drug-likeness (QED) is 0.512. The van der Waals surface area contributed by atoms with Crippen LogP contribution in [0.4, 0.5) is 4.79 Å². The van der Waals surface area contributed by atoms with Gasteiger partial charge in [-0.15, -0.1) is 0 Å². The molecule has 144 valence electrons. The smallest absolute Gasteiger partial charge is 0.315 e. The number of hydrogen-bond donors (Lipinski definition) is 4. The van der Waals surface area contributed by atoms with Crippen LogP contribution in [0.2, 0.25) is 0 Å². The number of amides is 3. The molecule has 6 nitrogen and oxygen atoms in total. The van der Waals surface area contributed by atoms with Crippen molar-refractivity contribution >= 4 is 11.9 Å². The first kappa shape index (κ1) is 20.3. The summed E-state index contributed by atoms with van der Waals surface area (Å²) in [5.74, 6) is 0.165. The van der Waals surface area contributed by atoms with Gasteiger partial charge >= 0.3 is 6.03 Å². The van der Waals surface area contributed by atoms with E-state index in [9.17, 15) is 14.7 Å². The Morgan fingerprint density at radius 2 is 1.52 bits per heavy atom. The van der Waals surface area contributed by atoms with Crippen molar-refractivity contribution in [3.63, 3.8) is 0 Å². The summed E-state index contributed by atoms with van der Waals surface area (Å²) in [4.78, 5) is 23.8. The van der Waals surface area contributed by atoms with Crippen molar-refractivity contribution in [2.75, 3.05) is 13.1 Å². The lowest BCUT2D eigenvalue weighted by atomic mass is 10.1. The molecule has 0 saturated carbocycles. The van der Waals surface area contributed by atoms with E-state index in [1.54, 1.807) is 24.3 Å². The van der Waals surface area contributed by atoms with Crippen LogP contribution in [0.3, 0.4) is 0 Å². The van der Waals surface area contributed by atoms with Gasteiger partial charge in [-0.1, -0.05) is 30.3 Å². The number of rotatable bonds is 9. The highest BCUT2D eigenvalue weighted by Gasteiger charge is 2.06. The normalized spacial score (nSPS) is 10.3. The Bertz CT molecular complexity index is 745. The van der Waals surface area contributed by atoms with E-state index in [0.29, 0.717) is 25.2 Å². The average Bonchev–Trinajstić information content (AvgIpc) is 2.67. The van der Waals surface area contributed by atoms with Crippen LogP contribution in [0.1, 0.15) is 40.7 Å². The van der Waals surface area contributed by atoms with Gasteiger partial charge in [0, 0.05) is 25.2 Å². The van der Waals surface area contributed by atoms with Crippen LogP contribution in [0, 0.1) is 6.92 Å². The summed E-state index contributed by atoms with van der Waals surface area (Å²) < 4.78 is 0. The highest BCUT2D eigenvalue weighted by molar-refractivity contribution is 5.95. The number of carbonyl (C=O) groups is 2. The number of unbranched alkanes of at least 4 members (excludes halogenated alkanes) is 2. The maximum atomic E-state index is 12.1. The van der Waals surface area contributed by atoms with Gasteiger partial charge < -0.3 is 21.1 Å². The third-order valence-corrected chi connectivity index (χ3v) is 4.20. The monoisotopic (exact) mass is 369 g/mol. The highest BCUT2D eigenvalue weighted by Crippen LogP contribution is 2.09. The lowest BCUT2D eigenvalue weighted by Gasteiger charge is -2.09. The van der Waals surface area contributed by atoms with E-state index in [2.05, 4.69) is 16.0 Å². The molecule has 0 saturated heterocycles. The third kappa shape index (κ3) is 7.40. The molecule has 2 aromatic rings. The van der Waals surface area contributed by atoms with E-state index in [0.717, 1.165) is 30.4 Å². The summed E-state index contributed by atoms with van der Waals surface area (Å²) in [5.41, 5.74) is 2.61. The van der Waals surface area contributed by atoms with Crippen molar-refractivity contribution < 1.29 is 14.7 Å². The summed E-state index contributed by atoms with van der Waals surface area (Å²) in [6.07, 6.45) is 2.65. The Labute approximate surface area is 160 Å². The molecule has 0 spiro atoms. The molecule has 6 heteroatoms. The lowest BCUT2D eigenvalue weighted by Crippen LogP contribution is -2.35. The minimum atomic E-state index is -0.212. The molecule has 0 aliphatic carbocycles. The fraction of sp³-hybridized carbons (Fsp3) is 0.333.